The van der Waals surface area contributed by atoms with Crippen molar-refractivity contribution in [3.63, 3.8) is 0 Å². The molecule has 1 fully saturated rings. The van der Waals surface area contributed by atoms with Crippen LogP contribution in [0.5, 0.6) is 5.75 Å². The second-order valence-electron chi connectivity index (χ2n) is 9.01. The number of hydrogen-bond acceptors (Lipinski definition) is 4. The van der Waals surface area contributed by atoms with E-state index in [-0.39, 0.29) is 23.7 Å². The van der Waals surface area contributed by atoms with Crippen LogP contribution in [0.25, 0.3) is 5.76 Å². The Bertz CT molecular complexity index is 1220. The Morgan fingerprint density at radius 2 is 1.63 bits per heavy atom. The van der Waals surface area contributed by atoms with E-state index in [0.717, 1.165) is 11.1 Å². The SMILES string of the molecule is CC(C)COc1ccc(/C(O)=C2/C(=O)C(=O)N(CCc3ccc(F)cc3)C2c2ccccc2)cc1. The van der Waals surface area contributed by atoms with E-state index in [4.69, 9.17) is 4.74 Å². The number of Topliss-reactive ketones (excluding diaryl/α,β-unsaturated/α-hetero) is 1. The molecule has 1 aliphatic heterocycles. The predicted molar refractivity (Wildman–Crippen MR) is 132 cm³/mol. The number of hydrogen-bond donors (Lipinski definition) is 1. The van der Waals surface area contributed by atoms with Gasteiger partial charge < -0.3 is 14.7 Å². The lowest BCUT2D eigenvalue weighted by molar-refractivity contribution is -0.139. The first kappa shape index (κ1) is 24.2. The maximum atomic E-state index is 13.3. The molecule has 1 N–H and O–H groups in total. The van der Waals surface area contributed by atoms with Crippen LogP contribution in [-0.4, -0.2) is 34.8 Å². The zero-order chi connectivity index (χ0) is 24.9. The third-order valence-corrected chi connectivity index (χ3v) is 5.92. The van der Waals surface area contributed by atoms with Gasteiger partial charge in [0.25, 0.3) is 11.7 Å². The van der Waals surface area contributed by atoms with Crippen molar-refractivity contribution in [2.75, 3.05) is 13.2 Å². The van der Waals surface area contributed by atoms with Crippen molar-refractivity contribution < 1.29 is 23.8 Å². The van der Waals surface area contributed by atoms with E-state index in [1.165, 1.54) is 17.0 Å². The number of benzene rings is 3. The van der Waals surface area contributed by atoms with E-state index in [9.17, 15) is 19.1 Å². The minimum atomic E-state index is -0.728. The molecular formula is C29H28FNO4. The predicted octanol–water partition coefficient (Wildman–Crippen LogP) is 5.52. The summed E-state index contributed by atoms with van der Waals surface area (Å²) in [7, 11) is 0. The normalized spacial score (nSPS) is 17.3. The highest BCUT2D eigenvalue weighted by Crippen LogP contribution is 2.39. The molecule has 0 bridgehead atoms. The fourth-order valence-corrected chi connectivity index (χ4v) is 4.12. The lowest BCUT2D eigenvalue weighted by atomic mass is 9.95. The van der Waals surface area contributed by atoms with E-state index in [0.29, 0.717) is 30.3 Å². The monoisotopic (exact) mass is 473 g/mol. The van der Waals surface area contributed by atoms with Crippen LogP contribution < -0.4 is 4.74 Å². The number of carbonyl (C=O) groups excluding carboxylic acids is 2. The van der Waals surface area contributed by atoms with Gasteiger partial charge in [0.15, 0.2) is 0 Å². The molecule has 6 heteroatoms. The van der Waals surface area contributed by atoms with Crippen LogP contribution in [0.3, 0.4) is 0 Å². The molecule has 0 saturated carbocycles. The molecule has 5 nitrogen and oxygen atoms in total. The summed E-state index contributed by atoms with van der Waals surface area (Å²) >= 11 is 0. The number of ketones is 1. The molecule has 1 amide bonds. The average Bonchev–Trinajstić information content (AvgIpc) is 3.12. The molecule has 0 spiro atoms. The van der Waals surface area contributed by atoms with Gasteiger partial charge in [-0.2, -0.15) is 0 Å². The molecule has 1 unspecified atom stereocenters. The zero-order valence-electron chi connectivity index (χ0n) is 19.8. The summed E-state index contributed by atoms with van der Waals surface area (Å²) < 4.78 is 19.0. The minimum absolute atomic E-state index is 0.0520. The number of halogens is 1. The van der Waals surface area contributed by atoms with E-state index in [1.807, 2.05) is 30.3 Å². The molecule has 3 aromatic rings. The van der Waals surface area contributed by atoms with Crippen molar-refractivity contribution in [3.8, 4) is 5.75 Å². The van der Waals surface area contributed by atoms with Gasteiger partial charge in [-0.15, -0.1) is 0 Å². The fraction of sp³-hybridized carbons (Fsp3) is 0.241. The molecule has 0 aromatic heterocycles. The molecule has 180 valence electrons. The third-order valence-electron chi connectivity index (χ3n) is 5.92. The van der Waals surface area contributed by atoms with Crippen molar-refractivity contribution in [2.24, 2.45) is 5.92 Å². The Balaban J connectivity index is 1.67. The van der Waals surface area contributed by atoms with Gasteiger partial charge in [-0.1, -0.05) is 56.3 Å². The third kappa shape index (κ3) is 5.43. The number of likely N-dealkylation sites (tertiary alicyclic amines) is 1. The summed E-state index contributed by atoms with van der Waals surface area (Å²) in [4.78, 5) is 27.7. The Morgan fingerprint density at radius 3 is 2.26 bits per heavy atom. The zero-order valence-corrected chi connectivity index (χ0v) is 19.8. The smallest absolute Gasteiger partial charge is 0.295 e. The van der Waals surface area contributed by atoms with Gasteiger partial charge in [0, 0.05) is 12.1 Å². The van der Waals surface area contributed by atoms with E-state index >= 15 is 0 Å². The summed E-state index contributed by atoms with van der Waals surface area (Å²) in [6, 6.07) is 21.3. The van der Waals surface area contributed by atoms with Crippen molar-refractivity contribution in [3.05, 3.63) is 107 Å². The second-order valence-corrected chi connectivity index (χ2v) is 9.01. The average molecular weight is 474 g/mol. The molecule has 1 aliphatic rings. The number of amides is 1. The van der Waals surface area contributed by atoms with Crippen molar-refractivity contribution in [1.82, 2.24) is 4.90 Å². The summed E-state index contributed by atoms with van der Waals surface area (Å²) in [5.41, 5.74) is 2.05. The number of carbonyl (C=O) groups is 2. The van der Waals surface area contributed by atoms with Gasteiger partial charge >= 0.3 is 0 Å². The second kappa shape index (κ2) is 10.6. The molecule has 4 rings (SSSR count). The van der Waals surface area contributed by atoms with E-state index in [2.05, 4.69) is 13.8 Å². The van der Waals surface area contributed by atoms with Crippen LogP contribution in [0.15, 0.2) is 84.4 Å². The highest BCUT2D eigenvalue weighted by atomic mass is 19.1. The van der Waals surface area contributed by atoms with Crippen molar-refractivity contribution in [1.29, 1.82) is 0 Å². The first-order chi connectivity index (χ1) is 16.8. The van der Waals surface area contributed by atoms with Crippen molar-refractivity contribution >= 4 is 17.4 Å². The maximum absolute atomic E-state index is 13.3. The lowest BCUT2D eigenvalue weighted by Gasteiger charge is -2.25. The lowest BCUT2D eigenvalue weighted by Crippen LogP contribution is -2.31. The molecule has 1 atom stereocenters. The van der Waals surface area contributed by atoms with Crippen LogP contribution in [0.2, 0.25) is 0 Å². The Kier molecular flexibility index (Phi) is 7.30. The van der Waals surface area contributed by atoms with Crippen LogP contribution in [-0.2, 0) is 16.0 Å². The molecule has 1 heterocycles. The Labute approximate surface area is 204 Å². The Hall–Kier alpha value is -3.93. The number of aliphatic hydroxyl groups excluding tert-OH is 1. The van der Waals surface area contributed by atoms with Crippen molar-refractivity contribution in [2.45, 2.75) is 26.3 Å². The first-order valence-corrected chi connectivity index (χ1v) is 11.7. The van der Waals surface area contributed by atoms with Gasteiger partial charge in [-0.3, -0.25) is 9.59 Å². The summed E-state index contributed by atoms with van der Waals surface area (Å²) in [5.74, 6) is -0.916. The van der Waals surface area contributed by atoms with E-state index < -0.39 is 17.7 Å². The van der Waals surface area contributed by atoms with E-state index in [1.54, 1.807) is 36.4 Å². The molecule has 0 radical (unpaired) electrons. The quantitative estimate of drug-likeness (QED) is 0.266. The van der Waals surface area contributed by atoms with Crippen LogP contribution in [0, 0.1) is 11.7 Å². The minimum Gasteiger partial charge on any atom is -0.507 e. The highest BCUT2D eigenvalue weighted by molar-refractivity contribution is 6.46. The van der Waals surface area contributed by atoms with Crippen LogP contribution in [0.1, 0.15) is 36.6 Å². The standard InChI is InChI=1S/C29H28FNO4/c1-19(2)18-35-24-14-10-22(11-15-24)27(32)25-26(21-6-4-3-5-7-21)31(29(34)28(25)33)17-16-20-8-12-23(30)13-9-20/h3-15,19,26,32H,16-18H2,1-2H3/b27-25-. The fourth-order valence-electron chi connectivity index (χ4n) is 4.12. The Morgan fingerprint density at radius 1 is 0.971 bits per heavy atom. The summed E-state index contributed by atoms with van der Waals surface area (Å²) in [6.07, 6.45) is 0.443. The van der Waals surface area contributed by atoms with Crippen LogP contribution >= 0.6 is 0 Å². The number of ether oxygens (including phenoxy) is 1. The largest absolute Gasteiger partial charge is 0.507 e. The molecule has 1 saturated heterocycles. The van der Waals surface area contributed by atoms with Gasteiger partial charge in [0.05, 0.1) is 18.2 Å². The van der Waals surface area contributed by atoms with Crippen LogP contribution in [0.4, 0.5) is 4.39 Å². The molecule has 3 aromatic carbocycles. The first-order valence-electron chi connectivity index (χ1n) is 11.7. The molecular weight excluding hydrogens is 445 g/mol. The van der Waals surface area contributed by atoms with Gasteiger partial charge in [0.1, 0.15) is 17.3 Å². The topological polar surface area (TPSA) is 66.8 Å². The number of aliphatic hydroxyl groups is 1. The van der Waals surface area contributed by atoms with Gasteiger partial charge in [0.2, 0.25) is 0 Å². The van der Waals surface area contributed by atoms with Gasteiger partial charge in [-0.05, 0) is 59.9 Å². The number of nitrogens with zero attached hydrogens (tertiary/aromatic N) is 1. The molecule has 0 aliphatic carbocycles. The number of rotatable bonds is 8. The highest BCUT2D eigenvalue weighted by Gasteiger charge is 2.45. The maximum Gasteiger partial charge on any atom is 0.295 e. The summed E-state index contributed by atoms with van der Waals surface area (Å²) in [5, 5.41) is 11.2. The summed E-state index contributed by atoms with van der Waals surface area (Å²) in [6.45, 7) is 4.92. The molecule has 35 heavy (non-hydrogen) atoms. The van der Waals surface area contributed by atoms with Gasteiger partial charge in [-0.25, -0.2) is 4.39 Å².